The molecule has 5 nitrogen and oxygen atoms in total. The van der Waals surface area contributed by atoms with Gasteiger partial charge in [-0.2, -0.15) is 0 Å². The van der Waals surface area contributed by atoms with Crippen LogP contribution in [0.4, 0.5) is 4.79 Å². The monoisotopic (exact) mass is 276 g/mol. The van der Waals surface area contributed by atoms with Crippen LogP contribution < -0.4 is 5.32 Å². The molecule has 2 atom stereocenters. The van der Waals surface area contributed by atoms with E-state index < -0.39 is 6.09 Å². The van der Waals surface area contributed by atoms with Crippen LogP contribution in [0.5, 0.6) is 0 Å². The summed E-state index contributed by atoms with van der Waals surface area (Å²) in [4.78, 5) is 15.3. The molecular weight excluding hydrogens is 256 g/mol. The Hall–Kier alpha value is -2.04. The second kappa shape index (κ2) is 6.41. The largest absolute Gasteiger partial charge is 0.477 e. The van der Waals surface area contributed by atoms with Crippen molar-refractivity contribution in [2.24, 2.45) is 10.9 Å². The molecular formula is C15H20N2O3. The molecule has 0 unspecified atom stereocenters. The zero-order valence-corrected chi connectivity index (χ0v) is 11.7. The molecule has 1 aromatic carbocycles. The molecule has 108 valence electrons. The van der Waals surface area contributed by atoms with E-state index in [0.29, 0.717) is 12.5 Å². The summed E-state index contributed by atoms with van der Waals surface area (Å²) in [5, 5.41) is 11.3. The van der Waals surface area contributed by atoms with Crippen molar-refractivity contribution in [3.8, 4) is 0 Å². The van der Waals surface area contributed by atoms with Crippen molar-refractivity contribution >= 4 is 12.0 Å². The molecule has 2 N–H and O–H groups in total. The van der Waals surface area contributed by atoms with Crippen LogP contribution in [0.25, 0.3) is 0 Å². The summed E-state index contributed by atoms with van der Waals surface area (Å²) in [6.07, 6.45) is -0.246. The summed E-state index contributed by atoms with van der Waals surface area (Å²) in [7, 11) is 0. The Kier molecular flexibility index (Phi) is 4.61. The van der Waals surface area contributed by atoms with Gasteiger partial charge in [0, 0.05) is 0 Å². The number of ether oxygens (including phenoxy) is 1. The third-order valence-corrected chi connectivity index (χ3v) is 3.26. The fraction of sp³-hybridized carbons (Fsp3) is 0.467. The Labute approximate surface area is 118 Å². The number of rotatable bonds is 5. The topological polar surface area (TPSA) is 70.9 Å². The van der Waals surface area contributed by atoms with Crippen molar-refractivity contribution in [3.63, 3.8) is 0 Å². The van der Waals surface area contributed by atoms with Gasteiger partial charge in [-0.05, 0) is 17.9 Å². The SMILES string of the molecule is CC(C)[C@H](NC(=O)O)C1=N[C@@H](Cc2ccccc2)CO1. The highest BCUT2D eigenvalue weighted by Crippen LogP contribution is 2.16. The third-order valence-electron chi connectivity index (χ3n) is 3.26. The smallest absolute Gasteiger partial charge is 0.405 e. The molecule has 0 spiro atoms. The van der Waals surface area contributed by atoms with Gasteiger partial charge >= 0.3 is 6.09 Å². The van der Waals surface area contributed by atoms with Crippen molar-refractivity contribution in [2.75, 3.05) is 6.61 Å². The van der Waals surface area contributed by atoms with Gasteiger partial charge in [0.1, 0.15) is 12.6 Å². The fourth-order valence-corrected chi connectivity index (χ4v) is 2.24. The number of carbonyl (C=O) groups is 1. The molecule has 0 radical (unpaired) electrons. The summed E-state index contributed by atoms with van der Waals surface area (Å²) >= 11 is 0. The van der Waals surface area contributed by atoms with Crippen LogP contribution >= 0.6 is 0 Å². The van der Waals surface area contributed by atoms with Crippen LogP contribution in [0, 0.1) is 5.92 Å². The molecule has 0 bridgehead atoms. The summed E-state index contributed by atoms with van der Waals surface area (Å²) in [6, 6.07) is 9.77. The Morgan fingerprint density at radius 3 is 2.75 bits per heavy atom. The third kappa shape index (κ3) is 3.73. The summed E-state index contributed by atoms with van der Waals surface area (Å²) in [6.45, 7) is 4.39. The summed E-state index contributed by atoms with van der Waals surface area (Å²) in [5.74, 6) is 0.601. The van der Waals surface area contributed by atoms with Gasteiger partial charge in [-0.25, -0.2) is 9.79 Å². The second-order valence-electron chi connectivity index (χ2n) is 5.29. The Morgan fingerprint density at radius 1 is 1.45 bits per heavy atom. The van der Waals surface area contributed by atoms with Gasteiger partial charge in [0.2, 0.25) is 5.90 Å². The molecule has 0 fully saturated rings. The van der Waals surface area contributed by atoms with E-state index in [0.717, 1.165) is 6.42 Å². The van der Waals surface area contributed by atoms with Crippen molar-refractivity contribution in [2.45, 2.75) is 32.4 Å². The van der Waals surface area contributed by atoms with E-state index in [-0.39, 0.29) is 18.0 Å². The minimum atomic E-state index is -1.05. The van der Waals surface area contributed by atoms with Crippen molar-refractivity contribution in [3.05, 3.63) is 35.9 Å². The first-order valence-corrected chi connectivity index (χ1v) is 6.80. The molecule has 0 saturated carbocycles. The Morgan fingerprint density at radius 2 is 2.15 bits per heavy atom. The minimum absolute atomic E-state index is 0.0595. The lowest BCUT2D eigenvalue weighted by Crippen LogP contribution is -2.43. The fourth-order valence-electron chi connectivity index (χ4n) is 2.24. The second-order valence-corrected chi connectivity index (χ2v) is 5.29. The lowest BCUT2D eigenvalue weighted by molar-refractivity contribution is 0.187. The van der Waals surface area contributed by atoms with E-state index in [4.69, 9.17) is 9.84 Å². The number of carboxylic acid groups (broad SMARTS) is 1. The number of aliphatic imine (C=N–C) groups is 1. The van der Waals surface area contributed by atoms with Crippen LogP contribution in [0.1, 0.15) is 19.4 Å². The lowest BCUT2D eigenvalue weighted by Gasteiger charge is -2.19. The van der Waals surface area contributed by atoms with Gasteiger partial charge in [0.25, 0.3) is 0 Å². The number of nitrogens with one attached hydrogen (secondary N) is 1. The molecule has 0 aromatic heterocycles. The van der Waals surface area contributed by atoms with Gasteiger partial charge in [0.15, 0.2) is 0 Å². The molecule has 1 amide bonds. The molecule has 0 aliphatic carbocycles. The standard InChI is InChI=1S/C15H20N2O3/c1-10(2)13(17-15(18)19)14-16-12(9-20-14)8-11-6-4-3-5-7-11/h3-7,10,12-13,17H,8-9H2,1-2H3,(H,18,19)/t12-,13-/m0/s1. The number of hydrogen-bond acceptors (Lipinski definition) is 3. The summed E-state index contributed by atoms with van der Waals surface area (Å²) < 4.78 is 5.59. The highest BCUT2D eigenvalue weighted by atomic mass is 16.5. The zero-order valence-electron chi connectivity index (χ0n) is 11.7. The number of amides is 1. The lowest BCUT2D eigenvalue weighted by atomic mass is 10.0. The first kappa shape index (κ1) is 14.4. The quantitative estimate of drug-likeness (QED) is 0.867. The number of hydrogen-bond donors (Lipinski definition) is 2. The average Bonchev–Trinajstić information content (AvgIpc) is 2.85. The highest BCUT2D eigenvalue weighted by molar-refractivity contribution is 5.86. The number of benzene rings is 1. The maximum Gasteiger partial charge on any atom is 0.405 e. The predicted octanol–water partition coefficient (Wildman–Crippen LogP) is 2.32. The molecule has 1 heterocycles. The maximum atomic E-state index is 10.8. The van der Waals surface area contributed by atoms with Crippen LogP contribution in [-0.4, -0.2) is 35.8 Å². The normalized spacial score (nSPS) is 19.4. The predicted molar refractivity (Wildman–Crippen MR) is 77.1 cm³/mol. The van der Waals surface area contributed by atoms with Gasteiger partial charge in [-0.15, -0.1) is 0 Å². The average molecular weight is 276 g/mol. The van der Waals surface area contributed by atoms with Crippen LogP contribution in [0.3, 0.4) is 0 Å². The van der Waals surface area contributed by atoms with Crippen molar-refractivity contribution in [1.82, 2.24) is 5.32 Å². The molecule has 2 rings (SSSR count). The molecule has 0 saturated heterocycles. The van der Waals surface area contributed by atoms with E-state index in [1.54, 1.807) is 0 Å². The number of nitrogens with zero attached hydrogens (tertiary/aromatic N) is 1. The first-order chi connectivity index (χ1) is 9.56. The van der Waals surface area contributed by atoms with Crippen molar-refractivity contribution < 1.29 is 14.6 Å². The molecule has 20 heavy (non-hydrogen) atoms. The van der Waals surface area contributed by atoms with E-state index >= 15 is 0 Å². The van der Waals surface area contributed by atoms with Gasteiger partial charge in [0.05, 0.1) is 6.04 Å². The van der Waals surface area contributed by atoms with Gasteiger partial charge in [-0.1, -0.05) is 44.2 Å². The zero-order chi connectivity index (χ0) is 14.5. The Balaban J connectivity index is 2.03. The van der Waals surface area contributed by atoms with E-state index in [2.05, 4.69) is 22.4 Å². The van der Waals surface area contributed by atoms with E-state index in [1.165, 1.54) is 5.56 Å². The van der Waals surface area contributed by atoms with E-state index in [9.17, 15) is 4.79 Å². The van der Waals surface area contributed by atoms with Crippen molar-refractivity contribution in [1.29, 1.82) is 0 Å². The molecule has 1 aliphatic heterocycles. The van der Waals surface area contributed by atoms with Gasteiger partial charge in [-0.3, -0.25) is 0 Å². The molecule has 5 heteroatoms. The Bertz CT molecular complexity index is 485. The van der Waals surface area contributed by atoms with Crippen LogP contribution in [0.15, 0.2) is 35.3 Å². The van der Waals surface area contributed by atoms with Crippen LogP contribution in [0.2, 0.25) is 0 Å². The molecule has 1 aromatic rings. The van der Waals surface area contributed by atoms with Gasteiger partial charge < -0.3 is 15.2 Å². The molecule has 1 aliphatic rings. The summed E-state index contributed by atoms with van der Waals surface area (Å²) in [5.41, 5.74) is 1.21. The van der Waals surface area contributed by atoms with E-state index in [1.807, 2.05) is 32.0 Å². The first-order valence-electron chi connectivity index (χ1n) is 6.80. The maximum absolute atomic E-state index is 10.8. The highest BCUT2D eigenvalue weighted by Gasteiger charge is 2.29. The minimum Gasteiger partial charge on any atom is -0.477 e. The van der Waals surface area contributed by atoms with Crippen LogP contribution in [-0.2, 0) is 11.2 Å².